The fourth-order valence-electron chi connectivity index (χ4n) is 3.76. The van der Waals surface area contributed by atoms with Gasteiger partial charge in [-0.05, 0) is 19.3 Å². The van der Waals surface area contributed by atoms with Gasteiger partial charge in [-0.25, -0.2) is 8.42 Å². The van der Waals surface area contributed by atoms with E-state index in [9.17, 15) is 13.2 Å². The summed E-state index contributed by atoms with van der Waals surface area (Å²) >= 11 is 2.78. The summed E-state index contributed by atoms with van der Waals surface area (Å²) in [5.41, 5.74) is 0. The van der Waals surface area contributed by atoms with Gasteiger partial charge in [-0.1, -0.05) is 48.4 Å². The summed E-state index contributed by atoms with van der Waals surface area (Å²) in [6, 6.07) is -0.00479. The standard InChI is InChI=1S/C17H26N4O3S3/c1-2-9-18-16-19-20-17(26-16)25-11-15(22)21(13-6-4-3-5-7-13)14-8-10-27(23,24)12-14/h2,13-14H,1,3-12H2,(H,18,19)/t14-/m0/s1. The lowest BCUT2D eigenvalue weighted by atomic mass is 9.93. The van der Waals surface area contributed by atoms with Crippen LogP contribution in [-0.4, -0.2) is 65.3 Å². The molecule has 1 saturated heterocycles. The fourth-order valence-corrected chi connectivity index (χ4v) is 7.10. The first-order chi connectivity index (χ1) is 13.0. The average Bonchev–Trinajstić information content (AvgIpc) is 3.25. The van der Waals surface area contributed by atoms with Gasteiger partial charge in [-0.2, -0.15) is 0 Å². The molecule has 10 heteroatoms. The molecule has 27 heavy (non-hydrogen) atoms. The molecule has 1 aromatic rings. The minimum Gasteiger partial charge on any atom is -0.357 e. The van der Waals surface area contributed by atoms with Crippen molar-refractivity contribution in [1.82, 2.24) is 15.1 Å². The molecule has 0 bridgehead atoms. The predicted octanol–water partition coefficient (Wildman–Crippen LogP) is 2.58. The van der Waals surface area contributed by atoms with E-state index in [0.717, 1.165) is 30.0 Å². The summed E-state index contributed by atoms with van der Waals surface area (Å²) < 4.78 is 24.6. The number of nitrogens with zero attached hydrogens (tertiary/aromatic N) is 3. The van der Waals surface area contributed by atoms with E-state index in [1.54, 1.807) is 6.08 Å². The Hall–Kier alpha value is -1.13. The maximum absolute atomic E-state index is 13.0. The number of anilines is 1. The van der Waals surface area contributed by atoms with E-state index < -0.39 is 9.84 Å². The van der Waals surface area contributed by atoms with Crippen LogP contribution in [0.25, 0.3) is 0 Å². The second kappa shape index (κ2) is 9.38. The Balaban J connectivity index is 1.63. The normalized spacial score (nSPS) is 22.4. The van der Waals surface area contributed by atoms with Crippen molar-refractivity contribution in [3.63, 3.8) is 0 Å². The van der Waals surface area contributed by atoms with Crippen LogP contribution >= 0.6 is 23.1 Å². The van der Waals surface area contributed by atoms with Crippen molar-refractivity contribution in [2.24, 2.45) is 0 Å². The number of aromatic nitrogens is 2. The van der Waals surface area contributed by atoms with Crippen LogP contribution in [0.1, 0.15) is 38.5 Å². The van der Waals surface area contributed by atoms with Crippen molar-refractivity contribution in [3.05, 3.63) is 12.7 Å². The second-order valence-electron chi connectivity index (χ2n) is 6.98. The molecule has 1 atom stereocenters. The van der Waals surface area contributed by atoms with Crippen LogP contribution in [-0.2, 0) is 14.6 Å². The Kier molecular flexibility index (Phi) is 7.16. The van der Waals surface area contributed by atoms with Gasteiger partial charge in [0.2, 0.25) is 11.0 Å². The van der Waals surface area contributed by atoms with Crippen LogP contribution in [0.15, 0.2) is 17.0 Å². The van der Waals surface area contributed by atoms with E-state index in [-0.39, 0.29) is 35.2 Å². The molecule has 7 nitrogen and oxygen atoms in total. The average molecular weight is 431 g/mol. The number of rotatable bonds is 8. The summed E-state index contributed by atoms with van der Waals surface area (Å²) in [4.78, 5) is 14.9. The van der Waals surface area contributed by atoms with Crippen molar-refractivity contribution in [2.75, 3.05) is 29.1 Å². The van der Waals surface area contributed by atoms with E-state index in [1.165, 1.54) is 29.5 Å². The van der Waals surface area contributed by atoms with E-state index in [1.807, 2.05) is 4.90 Å². The molecule has 1 N–H and O–H groups in total. The lowest BCUT2D eigenvalue weighted by Gasteiger charge is -2.38. The molecule has 0 radical (unpaired) electrons. The first kappa shape index (κ1) is 20.6. The number of carbonyl (C=O) groups is 1. The fraction of sp³-hybridized carbons (Fsp3) is 0.706. The second-order valence-corrected chi connectivity index (χ2v) is 11.4. The first-order valence-electron chi connectivity index (χ1n) is 9.31. The van der Waals surface area contributed by atoms with Crippen molar-refractivity contribution in [2.45, 2.75) is 54.9 Å². The first-order valence-corrected chi connectivity index (χ1v) is 12.9. The lowest BCUT2D eigenvalue weighted by Crippen LogP contribution is -2.49. The summed E-state index contributed by atoms with van der Waals surface area (Å²) in [6.07, 6.45) is 7.66. The highest BCUT2D eigenvalue weighted by molar-refractivity contribution is 8.01. The van der Waals surface area contributed by atoms with Gasteiger partial charge in [-0.3, -0.25) is 4.79 Å². The Morgan fingerprint density at radius 1 is 1.26 bits per heavy atom. The zero-order valence-electron chi connectivity index (χ0n) is 15.3. The Morgan fingerprint density at radius 3 is 2.70 bits per heavy atom. The van der Waals surface area contributed by atoms with Crippen molar-refractivity contribution >= 4 is 44.0 Å². The van der Waals surface area contributed by atoms with Crippen LogP contribution in [0.5, 0.6) is 0 Å². The number of hydrogen-bond donors (Lipinski definition) is 1. The molecule has 0 unspecified atom stereocenters. The van der Waals surface area contributed by atoms with E-state index in [0.29, 0.717) is 18.1 Å². The lowest BCUT2D eigenvalue weighted by molar-refractivity contribution is -0.133. The monoisotopic (exact) mass is 430 g/mol. The number of nitrogens with one attached hydrogen (secondary N) is 1. The maximum Gasteiger partial charge on any atom is 0.233 e. The molecule has 2 aliphatic rings. The molecule has 150 valence electrons. The van der Waals surface area contributed by atoms with Crippen molar-refractivity contribution in [3.8, 4) is 0 Å². The molecule has 1 amide bonds. The number of thioether (sulfide) groups is 1. The van der Waals surface area contributed by atoms with Gasteiger partial charge < -0.3 is 10.2 Å². The molecule has 2 heterocycles. The van der Waals surface area contributed by atoms with Gasteiger partial charge in [0.05, 0.1) is 17.3 Å². The zero-order chi connectivity index (χ0) is 19.3. The minimum atomic E-state index is -3.02. The molecule has 0 spiro atoms. The quantitative estimate of drug-likeness (QED) is 0.500. The largest absolute Gasteiger partial charge is 0.357 e. The molecule has 1 aromatic heterocycles. The van der Waals surface area contributed by atoms with Crippen molar-refractivity contribution < 1.29 is 13.2 Å². The van der Waals surface area contributed by atoms with Crippen LogP contribution in [0.4, 0.5) is 5.13 Å². The van der Waals surface area contributed by atoms with E-state index >= 15 is 0 Å². The van der Waals surface area contributed by atoms with E-state index in [2.05, 4.69) is 22.1 Å². The zero-order valence-corrected chi connectivity index (χ0v) is 17.8. The number of sulfone groups is 1. The van der Waals surface area contributed by atoms with Crippen LogP contribution in [0.2, 0.25) is 0 Å². The molecule has 3 rings (SSSR count). The summed E-state index contributed by atoms with van der Waals surface area (Å²) in [7, 11) is -3.02. The molecular formula is C17H26N4O3S3. The van der Waals surface area contributed by atoms with Gasteiger partial charge in [0.15, 0.2) is 14.2 Å². The van der Waals surface area contributed by atoms with Gasteiger partial charge >= 0.3 is 0 Å². The van der Waals surface area contributed by atoms with Crippen molar-refractivity contribution in [1.29, 1.82) is 0 Å². The van der Waals surface area contributed by atoms with Gasteiger partial charge in [0.1, 0.15) is 0 Å². The molecule has 1 aliphatic heterocycles. The summed E-state index contributed by atoms with van der Waals surface area (Å²) in [6.45, 7) is 4.26. The van der Waals surface area contributed by atoms with Gasteiger partial charge in [0, 0.05) is 18.6 Å². The van der Waals surface area contributed by atoms with Crippen LogP contribution in [0, 0.1) is 0 Å². The van der Waals surface area contributed by atoms with E-state index in [4.69, 9.17) is 0 Å². The van der Waals surface area contributed by atoms with Crippen LogP contribution < -0.4 is 5.32 Å². The number of carbonyl (C=O) groups excluding carboxylic acids is 1. The SMILES string of the molecule is C=CCNc1nnc(SCC(=O)N(C2CCCCC2)[C@H]2CCS(=O)(=O)C2)s1. The molecule has 1 saturated carbocycles. The Bertz CT molecular complexity index is 759. The van der Waals surface area contributed by atoms with Gasteiger partial charge in [-0.15, -0.1) is 16.8 Å². The predicted molar refractivity (Wildman–Crippen MR) is 110 cm³/mol. The minimum absolute atomic E-state index is 0.0183. The summed E-state index contributed by atoms with van der Waals surface area (Å²) in [5.74, 6) is 0.581. The number of amides is 1. The Morgan fingerprint density at radius 2 is 2.04 bits per heavy atom. The van der Waals surface area contributed by atoms with Gasteiger partial charge in [0.25, 0.3) is 0 Å². The Labute approximate surface area is 168 Å². The number of hydrogen-bond acceptors (Lipinski definition) is 8. The molecule has 2 fully saturated rings. The topological polar surface area (TPSA) is 92.3 Å². The third kappa shape index (κ3) is 5.68. The highest BCUT2D eigenvalue weighted by atomic mass is 32.2. The maximum atomic E-state index is 13.0. The highest BCUT2D eigenvalue weighted by Crippen LogP contribution is 2.31. The summed E-state index contributed by atoms with van der Waals surface area (Å²) in [5, 5.41) is 11.9. The molecule has 1 aliphatic carbocycles. The molecular weight excluding hydrogens is 404 g/mol. The smallest absolute Gasteiger partial charge is 0.233 e. The molecule has 0 aromatic carbocycles. The third-order valence-electron chi connectivity index (χ3n) is 4.98. The third-order valence-corrected chi connectivity index (χ3v) is 8.73. The van der Waals surface area contributed by atoms with Crippen LogP contribution in [0.3, 0.4) is 0 Å². The highest BCUT2D eigenvalue weighted by Gasteiger charge is 2.38.